The van der Waals surface area contributed by atoms with Crippen molar-refractivity contribution in [1.82, 2.24) is 4.98 Å². The van der Waals surface area contributed by atoms with Gasteiger partial charge >= 0.3 is 0 Å². The summed E-state index contributed by atoms with van der Waals surface area (Å²) in [6.07, 6.45) is -0.199. The maximum Gasteiger partial charge on any atom is 0.163 e. The Morgan fingerprint density at radius 2 is 1.71 bits per heavy atom. The molecule has 3 aromatic rings. The number of methoxy groups -OCH3 is 2. The third kappa shape index (κ3) is 6.12. The first-order valence-electron chi connectivity index (χ1n) is 11.1. The third-order valence-electron chi connectivity index (χ3n) is 5.69. The summed E-state index contributed by atoms with van der Waals surface area (Å²) in [5, 5.41) is 0. The Labute approximate surface area is 202 Å². The SMILES string of the molecule is COc1cc(C(=O)CCC(C)(F)c2ccc(OC)c(-c3ccc(F)c(C)c3)n2)ccc1OCCF. The van der Waals surface area contributed by atoms with Crippen molar-refractivity contribution in [3.05, 3.63) is 71.2 Å². The first-order chi connectivity index (χ1) is 16.7. The minimum absolute atomic E-state index is 0.0838. The summed E-state index contributed by atoms with van der Waals surface area (Å²) in [4.78, 5) is 17.2. The Bertz CT molecular complexity index is 1200. The molecular formula is C27H28F3NO4. The molecule has 5 nitrogen and oxygen atoms in total. The van der Waals surface area contributed by atoms with Crippen molar-refractivity contribution in [1.29, 1.82) is 0 Å². The second kappa shape index (κ2) is 11.3. The fraction of sp³-hybridized carbons (Fsp3) is 0.333. The number of ether oxygens (including phenoxy) is 3. The molecule has 0 fully saturated rings. The van der Waals surface area contributed by atoms with Gasteiger partial charge in [-0.1, -0.05) is 0 Å². The van der Waals surface area contributed by atoms with Crippen LogP contribution in [-0.2, 0) is 5.67 Å². The van der Waals surface area contributed by atoms with Crippen LogP contribution < -0.4 is 14.2 Å². The number of benzene rings is 2. The van der Waals surface area contributed by atoms with E-state index in [1.165, 1.54) is 51.5 Å². The van der Waals surface area contributed by atoms with Gasteiger partial charge in [0.25, 0.3) is 0 Å². The van der Waals surface area contributed by atoms with Crippen molar-refractivity contribution in [2.24, 2.45) is 0 Å². The van der Waals surface area contributed by atoms with Gasteiger partial charge in [-0.25, -0.2) is 18.2 Å². The number of carbonyl (C=O) groups excluding carboxylic acids is 1. The van der Waals surface area contributed by atoms with E-state index < -0.39 is 12.3 Å². The molecule has 0 spiro atoms. The monoisotopic (exact) mass is 487 g/mol. The molecule has 0 saturated carbocycles. The highest BCUT2D eigenvalue weighted by atomic mass is 19.1. The van der Waals surface area contributed by atoms with Crippen LogP contribution in [0, 0.1) is 12.7 Å². The molecule has 2 aromatic carbocycles. The van der Waals surface area contributed by atoms with E-state index in [1.807, 2.05) is 0 Å². The largest absolute Gasteiger partial charge is 0.494 e. The molecule has 0 amide bonds. The average Bonchev–Trinajstić information content (AvgIpc) is 2.87. The molecule has 0 aliphatic heterocycles. The molecular weight excluding hydrogens is 459 g/mol. The van der Waals surface area contributed by atoms with Gasteiger partial charge in [-0.05, 0) is 74.4 Å². The highest BCUT2D eigenvalue weighted by molar-refractivity contribution is 5.96. The molecule has 1 atom stereocenters. The molecule has 0 aliphatic carbocycles. The van der Waals surface area contributed by atoms with E-state index in [0.29, 0.717) is 39.6 Å². The van der Waals surface area contributed by atoms with E-state index in [2.05, 4.69) is 4.98 Å². The summed E-state index contributed by atoms with van der Waals surface area (Å²) in [7, 11) is 2.89. The number of aromatic nitrogens is 1. The van der Waals surface area contributed by atoms with Crippen LogP contribution >= 0.6 is 0 Å². The van der Waals surface area contributed by atoms with E-state index in [1.54, 1.807) is 25.1 Å². The second-order valence-corrected chi connectivity index (χ2v) is 8.24. The number of carbonyl (C=O) groups is 1. The van der Waals surface area contributed by atoms with E-state index >= 15 is 4.39 Å². The van der Waals surface area contributed by atoms with Crippen LogP contribution in [-0.4, -0.2) is 38.3 Å². The summed E-state index contributed by atoms with van der Waals surface area (Å²) in [5.74, 6) is 0.406. The van der Waals surface area contributed by atoms with Gasteiger partial charge in [0, 0.05) is 17.5 Å². The normalized spacial score (nSPS) is 12.7. The maximum absolute atomic E-state index is 15.7. The Morgan fingerprint density at radius 3 is 2.37 bits per heavy atom. The first-order valence-corrected chi connectivity index (χ1v) is 11.1. The molecule has 0 aliphatic rings. The number of hydrogen-bond acceptors (Lipinski definition) is 5. The standard InChI is InChI=1S/C27H28F3NO4/c1-17-15-19(5-7-20(17)29)26-23(33-3)9-10-25(31-26)27(2,30)12-11-21(32)18-6-8-22(35-14-13-28)24(16-18)34-4/h5-10,15-16H,11-14H2,1-4H3. The fourth-order valence-corrected chi connectivity index (χ4v) is 3.63. The topological polar surface area (TPSA) is 57.7 Å². The number of nitrogens with zero attached hydrogens (tertiary/aromatic N) is 1. The Balaban J connectivity index is 1.80. The van der Waals surface area contributed by atoms with Crippen molar-refractivity contribution in [2.45, 2.75) is 32.4 Å². The lowest BCUT2D eigenvalue weighted by Crippen LogP contribution is -2.19. The molecule has 0 saturated heterocycles. The lowest BCUT2D eigenvalue weighted by atomic mass is 9.93. The van der Waals surface area contributed by atoms with Crippen LogP contribution in [0.3, 0.4) is 0 Å². The van der Waals surface area contributed by atoms with Crippen LogP contribution in [0.1, 0.15) is 41.4 Å². The molecule has 0 radical (unpaired) electrons. The van der Waals surface area contributed by atoms with Crippen LogP contribution in [0.2, 0.25) is 0 Å². The average molecular weight is 488 g/mol. The Morgan fingerprint density at radius 1 is 1.00 bits per heavy atom. The zero-order chi connectivity index (χ0) is 25.6. The highest BCUT2D eigenvalue weighted by Crippen LogP contribution is 2.36. The van der Waals surface area contributed by atoms with E-state index in [-0.39, 0.29) is 36.7 Å². The summed E-state index contributed by atoms with van der Waals surface area (Å²) in [5.41, 5.74) is -0.0403. The smallest absolute Gasteiger partial charge is 0.163 e. The second-order valence-electron chi connectivity index (χ2n) is 8.24. The molecule has 186 valence electrons. The van der Waals surface area contributed by atoms with Crippen molar-refractivity contribution in [2.75, 3.05) is 27.5 Å². The number of pyridine rings is 1. The molecule has 1 aromatic heterocycles. The van der Waals surface area contributed by atoms with Crippen molar-refractivity contribution < 1.29 is 32.2 Å². The van der Waals surface area contributed by atoms with Crippen LogP contribution in [0.15, 0.2) is 48.5 Å². The Kier molecular flexibility index (Phi) is 8.38. The van der Waals surface area contributed by atoms with Gasteiger partial charge in [-0.3, -0.25) is 4.79 Å². The van der Waals surface area contributed by atoms with Gasteiger partial charge in [0.15, 0.2) is 17.3 Å². The zero-order valence-corrected chi connectivity index (χ0v) is 20.2. The van der Waals surface area contributed by atoms with Crippen LogP contribution in [0.5, 0.6) is 17.2 Å². The fourth-order valence-electron chi connectivity index (χ4n) is 3.63. The Hall–Kier alpha value is -3.55. The molecule has 0 N–H and O–H groups in total. The number of hydrogen-bond donors (Lipinski definition) is 0. The summed E-state index contributed by atoms with van der Waals surface area (Å²) in [6.45, 7) is 2.22. The van der Waals surface area contributed by atoms with Gasteiger partial charge in [-0.15, -0.1) is 0 Å². The molecule has 0 bridgehead atoms. The van der Waals surface area contributed by atoms with Crippen molar-refractivity contribution in [3.63, 3.8) is 0 Å². The predicted octanol–water partition coefficient (Wildman–Crippen LogP) is 6.41. The zero-order valence-electron chi connectivity index (χ0n) is 20.2. The molecule has 1 unspecified atom stereocenters. The predicted molar refractivity (Wildman–Crippen MR) is 127 cm³/mol. The van der Waals surface area contributed by atoms with Crippen molar-refractivity contribution >= 4 is 5.78 Å². The number of alkyl halides is 2. The van der Waals surface area contributed by atoms with Gasteiger partial charge in [0.2, 0.25) is 0 Å². The van der Waals surface area contributed by atoms with Crippen LogP contribution in [0.25, 0.3) is 11.3 Å². The van der Waals surface area contributed by atoms with Gasteiger partial charge in [0.05, 0.1) is 19.9 Å². The number of ketones is 1. The minimum atomic E-state index is -1.92. The highest BCUT2D eigenvalue weighted by Gasteiger charge is 2.30. The number of rotatable bonds is 11. The quantitative estimate of drug-likeness (QED) is 0.293. The summed E-state index contributed by atoms with van der Waals surface area (Å²) < 4.78 is 57.7. The lowest BCUT2D eigenvalue weighted by molar-refractivity contribution is 0.0929. The maximum atomic E-state index is 15.7. The van der Waals surface area contributed by atoms with E-state index in [4.69, 9.17) is 14.2 Å². The number of halogens is 3. The number of aryl methyl sites for hydroxylation is 1. The third-order valence-corrected chi connectivity index (χ3v) is 5.69. The van der Waals surface area contributed by atoms with Crippen molar-refractivity contribution in [3.8, 4) is 28.5 Å². The van der Waals surface area contributed by atoms with Gasteiger partial charge < -0.3 is 14.2 Å². The van der Waals surface area contributed by atoms with E-state index in [9.17, 15) is 13.6 Å². The first kappa shape index (κ1) is 26.1. The summed E-state index contributed by atoms with van der Waals surface area (Å²) >= 11 is 0. The van der Waals surface area contributed by atoms with Crippen LogP contribution in [0.4, 0.5) is 13.2 Å². The minimum Gasteiger partial charge on any atom is -0.494 e. The molecule has 3 rings (SSSR count). The summed E-state index contributed by atoms with van der Waals surface area (Å²) in [6, 6.07) is 12.2. The number of Topliss-reactive ketones (excluding diaryl/α,β-unsaturated/α-hetero) is 1. The van der Waals surface area contributed by atoms with E-state index in [0.717, 1.165) is 0 Å². The lowest BCUT2D eigenvalue weighted by Gasteiger charge is -2.21. The van der Waals surface area contributed by atoms with Gasteiger partial charge in [-0.2, -0.15) is 0 Å². The molecule has 35 heavy (non-hydrogen) atoms. The molecule has 8 heteroatoms. The molecule has 1 heterocycles. The van der Waals surface area contributed by atoms with Gasteiger partial charge in [0.1, 0.15) is 36.2 Å².